The van der Waals surface area contributed by atoms with Crippen LogP contribution in [0.5, 0.6) is 0 Å². The van der Waals surface area contributed by atoms with E-state index < -0.39 is 0 Å². The molecule has 0 radical (unpaired) electrons. The van der Waals surface area contributed by atoms with E-state index in [2.05, 4.69) is 144 Å². The largest absolute Gasteiger partial charge is 0.292 e. The Kier molecular flexibility index (Phi) is 5.20. The van der Waals surface area contributed by atoms with Crippen LogP contribution in [-0.2, 0) is 0 Å². The van der Waals surface area contributed by atoms with Crippen molar-refractivity contribution in [2.75, 3.05) is 0 Å². The summed E-state index contributed by atoms with van der Waals surface area (Å²) in [5.41, 5.74) is 7.34. The first-order valence-electron chi connectivity index (χ1n) is 14.6. The number of pyridine rings is 1. The Balaban J connectivity index is 1.29. The average molecular weight is 548 g/mol. The molecule has 0 aliphatic heterocycles. The third-order valence-electron chi connectivity index (χ3n) is 8.57. The molecule has 0 spiro atoms. The minimum Gasteiger partial charge on any atom is -0.292 e. The molecule has 2 heterocycles. The molecular formula is C40H25N3. The minimum absolute atomic E-state index is 0.933. The van der Waals surface area contributed by atoms with Crippen molar-refractivity contribution in [3.05, 3.63) is 152 Å². The Hall–Kier alpha value is -5.80. The Labute approximate surface area is 248 Å². The highest BCUT2D eigenvalue weighted by molar-refractivity contribution is 6.31. The van der Waals surface area contributed by atoms with E-state index in [0.29, 0.717) is 0 Å². The molecule has 0 saturated heterocycles. The first kappa shape index (κ1) is 23.9. The van der Waals surface area contributed by atoms with E-state index in [4.69, 9.17) is 9.97 Å². The maximum Gasteiger partial charge on any atom is 0.145 e. The average Bonchev–Trinajstić information content (AvgIpc) is 3.48. The predicted molar refractivity (Wildman–Crippen MR) is 180 cm³/mol. The minimum atomic E-state index is 0.933. The molecule has 43 heavy (non-hydrogen) atoms. The first-order chi connectivity index (χ1) is 21.3. The summed E-state index contributed by atoms with van der Waals surface area (Å²) < 4.78 is 2.25. The molecule has 9 rings (SSSR count). The van der Waals surface area contributed by atoms with Gasteiger partial charge in [-0.2, -0.15) is 0 Å². The van der Waals surface area contributed by atoms with E-state index in [-0.39, 0.29) is 0 Å². The summed E-state index contributed by atoms with van der Waals surface area (Å²) in [7, 11) is 0. The van der Waals surface area contributed by atoms with E-state index in [1.54, 1.807) is 0 Å². The number of aromatic nitrogens is 3. The third-order valence-corrected chi connectivity index (χ3v) is 8.57. The van der Waals surface area contributed by atoms with Crippen LogP contribution in [0.25, 0.3) is 82.6 Å². The van der Waals surface area contributed by atoms with Crippen molar-refractivity contribution < 1.29 is 0 Å². The molecule has 0 fully saturated rings. The molecule has 3 nitrogen and oxygen atoms in total. The molecule has 0 amide bonds. The van der Waals surface area contributed by atoms with Gasteiger partial charge in [-0.25, -0.2) is 9.97 Å². The second-order valence-electron chi connectivity index (χ2n) is 11.0. The lowest BCUT2D eigenvalue weighted by atomic mass is 9.92. The van der Waals surface area contributed by atoms with Crippen molar-refractivity contribution >= 4 is 54.3 Å². The molecule has 0 N–H and O–H groups in total. The van der Waals surface area contributed by atoms with Crippen molar-refractivity contribution in [3.8, 4) is 28.3 Å². The van der Waals surface area contributed by atoms with Gasteiger partial charge in [0.1, 0.15) is 5.82 Å². The van der Waals surface area contributed by atoms with Gasteiger partial charge in [0, 0.05) is 33.0 Å². The topological polar surface area (TPSA) is 30.7 Å². The number of hydrogen-bond acceptors (Lipinski definition) is 2. The van der Waals surface area contributed by atoms with Gasteiger partial charge >= 0.3 is 0 Å². The molecule has 0 atom stereocenters. The quantitative estimate of drug-likeness (QED) is 0.206. The highest BCUT2D eigenvalue weighted by atomic mass is 15.1. The number of rotatable bonds is 3. The number of imidazole rings is 1. The van der Waals surface area contributed by atoms with Crippen molar-refractivity contribution in [2.45, 2.75) is 0 Å². The van der Waals surface area contributed by atoms with Crippen molar-refractivity contribution in [1.29, 1.82) is 0 Å². The van der Waals surface area contributed by atoms with Crippen LogP contribution in [0.15, 0.2) is 152 Å². The smallest absolute Gasteiger partial charge is 0.145 e. The summed E-state index contributed by atoms with van der Waals surface area (Å²) in [5.74, 6) is 0.933. The summed E-state index contributed by atoms with van der Waals surface area (Å²) >= 11 is 0. The fourth-order valence-electron chi connectivity index (χ4n) is 6.65. The molecule has 0 bridgehead atoms. The van der Waals surface area contributed by atoms with Gasteiger partial charge in [-0.05, 0) is 45.8 Å². The Morgan fingerprint density at radius 1 is 0.395 bits per heavy atom. The zero-order valence-corrected chi connectivity index (χ0v) is 23.3. The molecular weight excluding hydrogens is 522 g/mol. The van der Waals surface area contributed by atoms with Crippen LogP contribution in [0.4, 0.5) is 0 Å². The predicted octanol–water partition coefficient (Wildman–Crippen LogP) is 10.4. The van der Waals surface area contributed by atoms with Crippen molar-refractivity contribution in [3.63, 3.8) is 0 Å². The summed E-state index contributed by atoms with van der Waals surface area (Å²) in [6.45, 7) is 0. The lowest BCUT2D eigenvalue weighted by molar-refractivity contribution is 1.10. The van der Waals surface area contributed by atoms with Gasteiger partial charge in [0.15, 0.2) is 0 Å². The zero-order chi connectivity index (χ0) is 28.3. The lowest BCUT2D eigenvalue weighted by Gasteiger charge is -2.15. The van der Waals surface area contributed by atoms with Crippen LogP contribution in [0, 0.1) is 0 Å². The van der Waals surface area contributed by atoms with E-state index >= 15 is 0 Å². The van der Waals surface area contributed by atoms with Crippen LogP contribution in [0.1, 0.15) is 0 Å². The number of para-hydroxylation sites is 2. The Morgan fingerprint density at radius 3 is 1.70 bits per heavy atom. The molecule has 2 aromatic heterocycles. The molecule has 3 heteroatoms. The second kappa shape index (κ2) is 9.37. The first-order valence-corrected chi connectivity index (χ1v) is 14.6. The number of benzene rings is 7. The number of hydrogen-bond donors (Lipinski definition) is 0. The van der Waals surface area contributed by atoms with Crippen molar-refractivity contribution in [1.82, 2.24) is 14.5 Å². The van der Waals surface area contributed by atoms with Crippen LogP contribution in [0.2, 0.25) is 0 Å². The summed E-state index contributed by atoms with van der Waals surface area (Å²) in [6, 6.07) is 53.5. The maximum absolute atomic E-state index is 5.44. The molecule has 0 unspecified atom stereocenters. The van der Waals surface area contributed by atoms with Gasteiger partial charge < -0.3 is 0 Å². The van der Waals surface area contributed by atoms with Crippen LogP contribution < -0.4 is 0 Å². The van der Waals surface area contributed by atoms with Crippen LogP contribution in [-0.4, -0.2) is 14.5 Å². The fraction of sp³-hybridized carbons (Fsp3) is 0. The standard InChI is InChI=1S/C40H25N3/c1-2-12-27(13-3-1)40-41-35-20-10-11-21-36(35)43(40)28-24-22-26(23-25-28)38-34-19-9-7-17-32(34)37-31-16-6-4-14-29(31)30-15-5-8-18-33(30)39(37)42-38/h1-25H. The fourth-order valence-corrected chi connectivity index (χ4v) is 6.65. The summed E-state index contributed by atoms with van der Waals surface area (Å²) in [4.78, 5) is 10.5. The zero-order valence-electron chi connectivity index (χ0n) is 23.3. The van der Waals surface area contributed by atoms with Crippen molar-refractivity contribution in [2.24, 2.45) is 0 Å². The normalized spacial score (nSPS) is 11.7. The SMILES string of the molecule is c1ccc(-c2nc3ccccc3n2-c2ccc(-c3nc4c5ccccc5c5ccccc5c4c4ccccc34)cc2)cc1. The molecule has 0 aliphatic carbocycles. The van der Waals surface area contributed by atoms with E-state index in [1.807, 2.05) is 12.1 Å². The van der Waals surface area contributed by atoms with Crippen LogP contribution >= 0.6 is 0 Å². The lowest BCUT2D eigenvalue weighted by Crippen LogP contribution is -1.98. The summed E-state index contributed by atoms with van der Waals surface area (Å²) in [5, 5.41) is 8.50. The molecule has 9 aromatic rings. The maximum atomic E-state index is 5.44. The van der Waals surface area contributed by atoms with Gasteiger partial charge in [-0.3, -0.25) is 4.57 Å². The summed E-state index contributed by atoms with van der Waals surface area (Å²) in [6.07, 6.45) is 0. The van der Waals surface area contributed by atoms with Gasteiger partial charge in [0.05, 0.1) is 22.2 Å². The highest BCUT2D eigenvalue weighted by Gasteiger charge is 2.17. The second-order valence-corrected chi connectivity index (χ2v) is 11.0. The van der Waals surface area contributed by atoms with Gasteiger partial charge in [-0.15, -0.1) is 0 Å². The van der Waals surface area contributed by atoms with E-state index in [1.165, 1.54) is 32.3 Å². The third kappa shape index (κ3) is 3.62. The molecule has 0 saturated carbocycles. The van der Waals surface area contributed by atoms with Crippen LogP contribution in [0.3, 0.4) is 0 Å². The van der Waals surface area contributed by atoms with Gasteiger partial charge in [0.2, 0.25) is 0 Å². The van der Waals surface area contributed by atoms with Gasteiger partial charge in [0.25, 0.3) is 0 Å². The highest BCUT2D eigenvalue weighted by Crippen LogP contribution is 2.41. The van der Waals surface area contributed by atoms with E-state index in [0.717, 1.165) is 50.3 Å². The van der Waals surface area contributed by atoms with E-state index in [9.17, 15) is 0 Å². The molecule has 200 valence electrons. The molecule has 0 aliphatic rings. The Morgan fingerprint density at radius 2 is 0.953 bits per heavy atom. The Bertz CT molecular complexity index is 2490. The monoisotopic (exact) mass is 547 g/mol. The number of fused-ring (bicyclic) bond motifs is 9. The van der Waals surface area contributed by atoms with Gasteiger partial charge in [-0.1, -0.05) is 127 Å². The molecule has 7 aromatic carbocycles. The number of nitrogens with zero attached hydrogens (tertiary/aromatic N) is 3.